The van der Waals surface area contributed by atoms with Gasteiger partial charge in [-0.2, -0.15) is 0 Å². The van der Waals surface area contributed by atoms with Gasteiger partial charge in [0.1, 0.15) is 0 Å². The molecule has 4 aromatic rings. The summed E-state index contributed by atoms with van der Waals surface area (Å²) in [5, 5.41) is 15.4. The Bertz CT molecular complexity index is 1510. The second kappa shape index (κ2) is 11.6. The Labute approximate surface area is 229 Å². The number of hydrogen-bond acceptors (Lipinski definition) is 8. The van der Waals surface area contributed by atoms with Gasteiger partial charge in [-0.25, -0.2) is 19.7 Å². The van der Waals surface area contributed by atoms with Crippen molar-refractivity contribution in [2.75, 3.05) is 29.9 Å². The van der Waals surface area contributed by atoms with Gasteiger partial charge in [0.25, 0.3) is 0 Å². The summed E-state index contributed by atoms with van der Waals surface area (Å²) in [4.78, 5) is 44.3. The summed E-state index contributed by atoms with van der Waals surface area (Å²) >= 11 is 1.40. The van der Waals surface area contributed by atoms with Crippen LogP contribution in [0.15, 0.2) is 55.4 Å². The van der Waals surface area contributed by atoms with Crippen LogP contribution in [-0.2, 0) is 11.2 Å². The van der Waals surface area contributed by atoms with Crippen molar-refractivity contribution in [1.82, 2.24) is 25.3 Å². The first kappa shape index (κ1) is 26.2. The topological polar surface area (TPSA) is 133 Å². The molecule has 4 heterocycles. The molecule has 0 atom stereocenters. The summed E-state index contributed by atoms with van der Waals surface area (Å²) in [6, 6.07) is 9.48. The minimum Gasteiger partial charge on any atom is -0.481 e. The Morgan fingerprint density at radius 2 is 2.00 bits per heavy atom. The van der Waals surface area contributed by atoms with Gasteiger partial charge in [-0.1, -0.05) is 23.5 Å². The predicted octanol–water partition coefficient (Wildman–Crippen LogP) is 4.99. The molecule has 2 amide bonds. The number of carbonyl (C=O) groups excluding carboxylic acids is 1. The van der Waals surface area contributed by atoms with Crippen molar-refractivity contribution in [1.29, 1.82) is 0 Å². The number of nitrogens with one attached hydrogen (secondary N) is 2. The molecule has 11 heteroatoms. The highest BCUT2D eigenvalue weighted by atomic mass is 32.1. The van der Waals surface area contributed by atoms with Crippen LogP contribution >= 0.6 is 11.3 Å². The number of benzene rings is 1. The number of carboxylic acid groups (broad SMARTS) is 1. The van der Waals surface area contributed by atoms with Gasteiger partial charge < -0.3 is 15.3 Å². The summed E-state index contributed by atoms with van der Waals surface area (Å²) < 4.78 is 0.911. The van der Waals surface area contributed by atoms with E-state index in [1.807, 2.05) is 48.4 Å². The van der Waals surface area contributed by atoms with Crippen LogP contribution in [-0.4, -0.2) is 56.7 Å². The van der Waals surface area contributed by atoms with E-state index in [0.717, 1.165) is 38.3 Å². The highest BCUT2D eigenvalue weighted by Gasteiger charge is 2.26. The second-order valence-corrected chi connectivity index (χ2v) is 10.2. The molecule has 1 aliphatic heterocycles. The average molecular weight is 544 g/mol. The van der Waals surface area contributed by atoms with Gasteiger partial charge >= 0.3 is 12.0 Å². The predicted molar refractivity (Wildman–Crippen MR) is 153 cm³/mol. The van der Waals surface area contributed by atoms with E-state index in [0.29, 0.717) is 50.0 Å². The second-order valence-electron chi connectivity index (χ2n) is 9.21. The normalized spacial score (nSPS) is 13.8. The number of carboxylic acids is 1. The zero-order chi connectivity index (χ0) is 27.4. The molecule has 1 fully saturated rings. The fourth-order valence-electron chi connectivity index (χ4n) is 4.67. The molecule has 10 nitrogen and oxygen atoms in total. The van der Waals surface area contributed by atoms with Crippen molar-refractivity contribution >= 4 is 44.6 Å². The first-order valence-corrected chi connectivity index (χ1v) is 13.6. The molecule has 3 N–H and O–H groups in total. The van der Waals surface area contributed by atoms with E-state index in [1.54, 1.807) is 6.20 Å². The molecular formula is C28H29N7O3S. The first-order valence-electron chi connectivity index (χ1n) is 12.8. The van der Waals surface area contributed by atoms with E-state index in [1.165, 1.54) is 11.3 Å². The monoisotopic (exact) mass is 543 g/mol. The number of pyridine rings is 1. The van der Waals surface area contributed by atoms with E-state index < -0.39 is 5.97 Å². The van der Waals surface area contributed by atoms with Crippen LogP contribution in [0.5, 0.6) is 0 Å². The quantitative estimate of drug-likeness (QED) is 0.265. The van der Waals surface area contributed by atoms with E-state index in [2.05, 4.69) is 33.2 Å². The number of amides is 2. The molecule has 1 aliphatic rings. The van der Waals surface area contributed by atoms with Crippen molar-refractivity contribution in [2.45, 2.75) is 26.2 Å². The Kier molecular flexibility index (Phi) is 7.78. The van der Waals surface area contributed by atoms with E-state index in [4.69, 9.17) is 9.97 Å². The number of allylic oxidation sites excluding steroid dienone is 1. The summed E-state index contributed by atoms with van der Waals surface area (Å²) in [6.45, 7) is 7.48. The molecule has 0 aliphatic carbocycles. The number of thiazole rings is 1. The summed E-state index contributed by atoms with van der Waals surface area (Å²) in [5.41, 5.74) is 4.97. The fraction of sp³-hybridized carbons (Fsp3) is 0.286. The molecule has 0 radical (unpaired) electrons. The molecule has 0 spiro atoms. The van der Waals surface area contributed by atoms with E-state index in [9.17, 15) is 14.7 Å². The summed E-state index contributed by atoms with van der Waals surface area (Å²) in [5.74, 6) is -0.480. The van der Waals surface area contributed by atoms with Crippen molar-refractivity contribution in [3.8, 4) is 22.4 Å². The van der Waals surface area contributed by atoms with Crippen LogP contribution in [0.25, 0.3) is 32.6 Å². The number of aromatic nitrogens is 4. The molecule has 0 unspecified atom stereocenters. The number of piperidine rings is 1. The van der Waals surface area contributed by atoms with Crippen LogP contribution in [0.4, 0.5) is 15.9 Å². The van der Waals surface area contributed by atoms with E-state index >= 15 is 0 Å². The van der Waals surface area contributed by atoms with E-state index in [-0.39, 0.29) is 11.9 Å². The van der Waals surface area contributed by atoms with Crippen LogP contribution < -0.4 is 15.5 Å². The number of hydrogen-bond donors (Lipinski definition) is 3. The summed E-state index contributed by atoms with van der Waals surface area (Å²) in [6.07, 6.45) is 7.04. The van der Waals surface area contributed by atoms with Crippen molar-refractivity contribution < 1.29 is 14.7 Å². The Morgan fingerprint density at radius 3 is 2.69 bits per heavy atom. The zero-order valence-corrected chi connectivity index (χ0v) is 22.4. The lowest BCUT2D eigenvalue weighted by Crippen LogP contribution is -2.37. The number of urea groups is 1. The maximum absolute atomic E-state index is 12.1. The highest BCUT2D eigenvalue weighted by molar-refractivity contribution is 7.22. The Balaban J connectivity index is 1.56. The number of anilines is 2. The minimum atomic E-state index is -0.747. The molecule has 200 valence electrons. The third kappa shape index (κ3) is 5.73. The molecule has 0 bridgehead atoms. The van der Waals surface area contributed by atoms with Gasteiger partial charge in [-0.3, -0.25) is 15.1 Å². The van der Waals surface area contributed by atoms with Crippen molar-refractivity contribution in [3.05, 3.63) is 61.1 Å². The number of aliphatic carboxylic acids is 1. The van der Waals surface area contributed by atoms with Crippen LogP contribution in [0, 0.1) is 5.92 Å². The van der Waals surface area contributed by atoms with Gasteiger partial charge in [0, 0.05) is 49.6 Å². The number of carbonyl (C=O) groups is 2. The molecule has 3 aromatic heterocycles. The lowest BCUT2D eigenvalue weighted by molar-refractivity contribution is -0.142. The Hall–Kier alpha value is -4.38. The van der Waals surface area contributed by atoms with Crippen molar-refractivity contribution in [2.24, 2.45) is 5.92 Å². The third-order valence-electron chi connectivity index (χ3n) is 6.62. The van der Waals surface area contributed by atoms with Gasteiger partial charge in [0.15, 0.2) is 5.13 Å². The first-order chi connectivity index (χ1) is 19.0. The third-order valence-corrected chi connectivity index (χ3v) is 7.64. The van der Waals surface area contributed by atoms with Gasteiger partial charge in [-0.15, -0.1) is 6.58 Å². The molecule has 5 rings (SSSR count). The van der Waals surface area contributed by atoms with Crippen LogP contribution in [0.3, 0.4) is 0 Å². The van der Waals surface area contributed by atoms with Crippen LogP contribution in [0.1, 0.15) is 25.5 Å². The zero-order valence-electron chi connectivity index (χ0n) is 21.6. The smallest absolute Gasteiger partial charge is 0.321 e. The number of nitrogens with zero attached hydrogens (tertiary/aromatic N) is 5. The minimum absolute atomic E-state index is 0.305. The largest absolute Gasteiger partial charge is 0.481 e. The van der Waals surface area contributed by atoms with Gasteiger partial charge in [-0.05, 0) is 49.6 Å². The number of rotatable bonds is 8. The maximum atomic E-state index is 12.1. The van der Waals surface area contributed by atoms with Gasteiger partial charge in [0.05, 0.1) is 27.5 Å². The summed E-state index contributed by atoms with van der Waals surface area (Å²) in [7, 11) is 0. The fourth-order valence-corrected chi connectivity index (χ4v) is 5.64. The SMILES string of the molecule is C=CCc1nc(N2CCC(C(=O)O)CC2)ncc1-c1cc(-c2ccccn2)c2sc(NC(=O)NCC)nc2c1. The molecule has 1 saturated heterocycles. The lowest BCUT2D eigenvalue weighted by Gasteiger charge is -2.30. The number of fused-ring (bicyclic) bond motifs is 1. The Morgan fingerprint density at radius 1 is 1.18 bits per heavy atom. The lowest BCUT2D eigenvalue weighted by atomic mass is 9.97. The molecule has 39 heavy (non-hydrogen) atoms. The van der Waals surface area contributed by atoms with Gasteiger partial charge in [0.2, 0.25) is 5.95 Å². The molecular weight excluding hydrogens is 514 g/mol. The highest BCUT2D eigenvalue weighted by Crippen LogP contribution is 2.39. The maximum Gasteiger partial charge on any atom is 0.321 e. The van der Waals surface area contributed by atoms with Crippen molar-refractivity contribution in [3.63, 3.8) is 0 Å². The molecule has 0 saturated carbocycles. The van der Waals surface area contributed by atoms with Crippen LogP contribution in [0.2, 0.25) is 0 Å². The molecule has 1 aromatic carbocycles. The standard InChI is InChI=1S/C28H29N7O3S/c1-3-7-22-20(16-31-26(32-22)35-12-9-17(10-13-35)25(36)37)18-14-19(21-8-5-6-11-30-21)24-23(15-18)33-28(39-24)34-27(38)29-4-2/h3,5-6,8,11,14-17H,1,4,7,9-10,12-13H2,2H3,(H,36,37)(H2,29,33,34,38). The average Bonchev–Trinajstić information content (AvgIpc) is 3.35.